The summed E-state index contributed by atoms with van der Waals surface area (Å²) in [6, 6.07) is 9.40. The van der Waals surface area contributed by atoms with E-state index in [1.54, 1.807) is 35.4 Å². The van der Waals surface area contributed by atoms with Crippen LogP contribution in [0.2, 0.25) is 0 Å². The van der Waals surface area contributed by atoms with Gasteiger partial charge in [-0.05, 0) is 41.7 Å². The van der Waals surface area contributed by atoms with Crippen LogP contribution >= 0.6 is 0 Å². The molecule has 2 aliphatic rings. The van der Waals surface area contributed by atoms with Gasteiger partial charge in [0.25, 0.3) is 5.91 Å². The lowest BCUT2D eigenvalue weighted by atomic mass is 9.78. The molecule has 4 N–H and O–H groups in total. The monoisotopic (exact) mass is 453 g/mol. The van der Waals surface area contributed by atoms with E-state index in [9.17, 15) is 9.59 Å². The van der Waals surface area contributed by atoms with Crippen LogP contribution in [0.15, 0.2) is 85.4 Å². The van der Waals surface area contributed by atoms with Crippen LogP contribution in [-0.4, -0.2) is 31.6 Å². The predicted octanol–water partition coefficient (Wildman–Crippen LogP) is 1.72. The molecular weight excluding hydrogens is 430 g/mol. The normalized spacial score (nSPS) is 19.0. The first-order valence-electron chi connectivity index (χ1n) is 10.8. The number of hydrogen-bond acceptors (Lipinski definition) is 6. The smallest absolute Gasteiger partial charge is 0.270 e. The minimum Gasteiger partial charge on any atom is -0.385 e. The zero-order valence-electron chi connectivity index (χ0n) is 18.4. The number of hydrogen-bond donors (Lipinski definition) is 3. The molecule has 0 saturated carbocycles. The standard InChI is InChI=1S/C25H23N7O2/c1-2-3-7-19-22(26)31-24(34)25(19)10-17-9-20(28-13-18(17)11-25)23(33)29-12-16-6-4-5-8-21(16)32-15-27-14-30-32/h2-9,13-15H,1,10-12,26H2,(H,29,33)(H,31,34)/b7-3-. The lowest BCUT2D eigenvalue weighted by molar-refractivity contribution is -0.126. The van der Waals surface area contributed by atoms with Gasteiger partial charge in [0.1, 0.15) is 24.2 Å². The maximum absolute atomic E-state index is 12.9. The average Bonchev–Trinajstić information content (AvgIpc) is 3.55. The number of allylic oxidation sites excluding steroid dienone is 3. The molecule has 9 heteroatoms. The first-order chi connectivity index (χ1) is 16.5. The second-order valence-electron chi connectivity index (χ2n) is 8.30. The summed E-state index contributed by atoms with van der Waals surface area (Å²) in [5.74, 6) is -0.0802. The lowest BCUT2D eigenvalue weighted by Gasteiger charge is -2.21. The van der Waals surface area contributed by atoms with Gasteiger partial charge in [-0.15, -0.1) is 0 Å². The third kappa shape index (κ3) is 3.57. The van der Waals surface area contributed by atoms with Crippen LogP contribution in [0.25, 0.3) is 5.69 Å². The summed E-state index contributed by atoms with van der Waals surface area (Å²) >= 11 is 0. The zero-order chi connectivity index (χ0) is 23.7. The van der Waals surface area contributed by atoms with E-state index in [4.69, 9.17) is 5.73 Å². The predicted molar refractivity (Wildman–Crippen MR) is 125 cm³/mol. The number of nitrogens with one attached hydrogen (secondary N) is 2. The van der Waals surface area contributed by atoms with Gasteiger partial charge >= 0.3 is 0 Å². The van der Waals surface area contributed by atoms with Crippen LogP contribution < -0.4 is 16.4 Å². The molecule has 0 saturated heterocycles. The Labute approximate surface area is 196 Å². The summed E-state index contributed by atoms with van der Waals surface area (Å²) in [5.41, 5.74) is 9.91. The van der Waals surface area contributed by atoms with Crippen LogP contribution in [0.5, 0.6) is 0 Å². The second-order valence-corrected chi connectivity index (χ2v) is 8.30. The van der Waals surface area contributed by atoms with E-state index in [0.29, 0.717) is 30.9 Å². The fourth-order valence-corrected chi connectivity index (χ4v) is 4.62. The Balaban J connectivity index is 1.35. The van der Waals surface area contributed by atoms with Crippen molar-refractivity contribution in [3.8, 4) is 5.69 Å². The molecule has 2 amide bonds. The molecule has 1 aliphatic heterocycles. The molecule has 3 heterocycles. The summed E-state index contributed by atoms with van der Waals surface area (Å²) < 4.78 is 1.65. The molecule has 0 bridgehead atoms. The fraction of sp³-hybridized carbons (Fsp3) is 0.160. The maximum atomic E-state index is 12.9. The highest BCUT2D eigenvalue weighted by Crippen LogP contribution is 2.46. The number of pyridine rings is 1. The maximum Gasteiger partial charge on any atom is 0.270 e. The molecule has 34 heavy (non-hydrogen) atoms. The summed E-state index contributed by atoms with van der Waals surface area (Å²) in [5, 5.41) is 9.85. The van der Waals surface area contributed by atoms with Crippen LogP contribution in [-0.2, 0) is 24.2 Å². The van der Waals surface area contributed by atoms with Crippen molar-refractivity contribution in [2.24, 2.45) is 11.1 Å². The first kappa shape index (κ1) is 21.3. The summed E-state index contributed by atoms with van der Waals surface area (Å²) in [7, 11) is 0. The summed E-state index contributed by atoms with van der Waals surface area (Å²) in [6.07, 6.45) is 10.9. The number of aromatic nitrogens is 4. The Morgan fingerprint density at radius 2 is 2.12 bits per heavy atom. The molecule has 170 valence electrons. The Hall–Kier alpha value is -4.53. The quantitative estimate of drug-likeness (QED) is 0.488. The largest absolute Gasteiger partial charge is 0.385 e. The van der Waals surface area contributed by atoms with Crippen LogP contribution in [0.1, 0.15) is 27.2 Å². The number of nitrogens with two attached hydrogens (primary N) is 1. The number of nitrogens with zero attached hydrogens (tertiary/aromatic N) is 4. The number of amides is 2. The zero-order valence-corrected chi connectivity index (χ0v) is 18.4. The third-order valence-electron chi connectivity index (χ3n) is 6.28. The minimum absolute atomic E-state index is 0.138. The van der Waals surface area contributed by atoms with Gasteiger partial charge in [0, 0.05) is 18.3 Å². The third-order valence-corrected chi connectivity index (χ3v) is 6.28. The number of carbonyl (C=O) groups is 2. The Morgan fingerprint density at radius 1 is 1.29 bits per heavy atom. The van der Waals surface area contributed by atoms with Gasteiger partial charge in [-0.1, -0.05) is 43.0 Å². The molecule has 0 radical (unpaired) electrons. The van der Waals surface area contributed by atoms with Gasteiger partial charge in [-0.3, -0.25) is 14.6 Å². The average molecular weight is 454 g/mol. The Kier molecular flexibility index (Phi) is 5.29. The van der Waals surface area contributed by atoms with Crippen LogP contribution in [0.3, 0.4) is 0 Å². The number of carbonyl (C=O) groups excluding carboxylic acids is 2. The Bertz CT molecular complexity index is 1360. The van der Waals surface area contributed by atoms with E-state index in [2.05, 4.69) is 32.3 Å². The first-order valence-corrected chi connectivity index (χ1v) is 10.8. The topological polar surface area (TPSA) is 128 Å². The van der Waals surface area contributed by atoms with E-state index >= 15 is 0 Å². The summed E-state index contributed by atoms with van der Waals surface area (Å²) in [6.45, 7) is 3.99. The number of benzene rings is 1. The molecule has 1 spiro atoms. The molecule has 0 fully saturated rings. The van der Waals surface area contributed by atoms with Gasteiger partial charge in [-0.2, -0.15) is 5.10 Å². The minimum atomic E-state index is -0.792. The SMILES string of the molecule is C=C/C=C\C1=C(N)NC(=O)C12Cc1cnc(C(=O)NCc3ccccc3-n3cncn3)cc1C2. The van der Waals surface area contributed by atoms with Crippen LogP contribution in [0, 0.1) is 5.41 Å². The van der Waals surface area contributed by atoms with Gasteiger partial charge in [0.05, 0.1) is 11.1 Å². The van der Waals surface area contributed by atoms with Crippen molar-refractivity contribution in [3.63, 3.8) is 0 Å². The molecule has 1 aromatic carbocycles. The van der Waals surface area contributed by atoms with Crippen molar-refractivity contribution in [3.05, 3.63) is 108 Å². The van der Waals surface area contributed by atoms with Gasteiger partial charge < -0.3 is 16.4 Å². The summed E-state index contributed by atoms with van der Waals surface area (Å²) in [4.78, 5) is 34.1. The molecule has 5 rings (SSSR count). The van der Waals surface area contributed by atoms with Crippen molar-refractivity contribution >= 4 is 11.8 Å². The van der Waals surface area contributed by atoms with E-state index < -0.39 is 5.41 Å². The van der Waals surface area contributed by atoms with Crippen molar-refractivity contribution < 1.29 is 9.59 Å². The van der Waals surface area contributed by atoms with Crippen molar-refractivity contribution in [2.45, 2.75) is 19.4 Å². The molecule has 1 unspecified atom stereocenters. The highest BCUT2D eigenvalue weighted by Gasteiger charge is 2.51. The molecule has 1 aliphatic carbocycles. The Morgan fingerprint density at radius 3 is 2.91 bits per heavy atom. The number of rotatable bonds is 6. The second kappa shape index (κ2) is 8.43. The van der Waals surface area contributed by atoms with Crippen molar-refractivity contribution in [2.75, 3.05) is 0 Å². The van der Waals surface area contributed by atoms with E-state index in [1.807, 2.05) is 30.3 Å². The van der Waals surface area contributed by atoms with Crippen molar-refractivity contribution in [1.29, 1.82) is 0 Å². The van der Waals surface area contributed by atoms with Gasteiger partial charge in [0.15, 0.2) is 0 Å². The van der Waals surface area contributed by atoms with Gasteiger partial charge in [-0.25, -0.2) is 9.67 Å². The van der Waals surface area contributed by atoms with Crippen LogP contribution in [0.4, 0.5) is 0 Å². The van der Waals surface area contributed by atoms with E-state index in [0.717, 1.165) is 28.0 Å². The van der Waals surface area contributed by atoms with Gasteiger partial charge in [0.2, 0.25) is 5.91 Å². The highest BCUT2D eigenvalue weighted by atomic mass is 16.2. The number of fused-ring (bicyclic) bond motifs is 1. The lowest BCUT2D eigenvalue weighted by Crippen LogP contribution is -2.35. The van der Waals surface area contributed by atoms with E-state index in [1.165, 1.54) is 6.33 Å². The van der Waals surface area contributed by atoms with E-state index in [-0.39, 0.29) is 11.8 Å². The molecular formula is C25H23N7O2. The molecule has 9 nitrogen and oxygen atoms in total. The molecule has 3 aromatic rings. The fourth-order valence-electron chi connectivity index (χ4n) is 4.62. The highest BCUT2D eigenvalue weighted by molar-refractivity contribution is 5.95. The van der Waals surface area contributed by atoms with Crippen molar-refractivity contribution in [1.82, 2.24) is 30.4 Å². The number of para-hydroxylation sites is 1. The molecule has 1 atom stereocenters. The molecule has 2 aromatic heterocycles.